The summed E-state index contributed by atoms with van der Waals surface area (Å²) in [5.41, 5.74) is 7.48. The van der Waals surface area contributed by atoms with E-state index >= 15 is 0 Å². The first-order chi connectivity index (χ1) is 8.11. The molecule has 2 rings (SSSR count). The highest BCUT2D eigenvalue weighted by atomic mass is 79.9. The van der Waals surface area contributed by atoms with Crippen LogP contribution in [-0.2, 0) is 6.42 Å². The monoisotopic (exact) mass is 314 g/mol. The number of nitrogens with zero attached hydrogens (tertiary/aromatic N) is 1. The molecule has 5 heteroatoms. The van der Waals surface area contributed by atoms with Crippen molar-refractivity contribution in [2.45, 2.75) is 13.3 Å². The maximum Gasteiger partial charge on any atom is 0.137 e. The zero-order valence-electron chi connectivity index (χ0n) is 9.34. The molecule has 2 N–H and O–H groups in total. The minimum atomic E-state index is -0.260. The van der Waals surface area contributed by atoms with E-state index in [1.807, 2.05) is 6.92 Å². The second kappa shape index (κ2) is 5.25. The molecule has 0 aliphatic carbocycles. The van der Waals surface area contributed by atoms with Crippen molar-refractivity contribution >= 4 is 27.3 Å². The Bertz CT molecular complexity index is 539. The fourth-order valence-corrected chi connectivity index (χ4v) is 3.00. The minimum absolute atomic E-state index is 0.260. The van der Waals surface area contributed by atoms with Gasteiger partial charge in [-0.3, -0.25) is 0 Å². The van der Waals surface area contributed by atoms with Gasteiger partial charge in [-0.25, -0.2) is 9.37 Å². The van der Waals surface area contributed by atoms with Gasteiger partial charge in [0.15, 0.2) is 0 Å². The van der Waals surface area contributed by atoms with Crippen LogP contribution < -0.4 is 5.73 Å². The van der Waals surface area contributed by atoms with Crippen LogP contribution in [0, 0.1) is 12.7 Å². The lowest BCUT2D eigenvalue weighted by Crippen LogP contribution is -2.01. The Kier molecular flexibility index (Phi) is 3.91. The van der Waals surface area contributed by atoms with Crippen LogP contribution in [0.15, 0.2) is 22.7 Å². The summed E-state index contributed by atoms with van der Waals surface area (Å²) in [4.78, 5) is 5.69. The molecule has 2 nitrogen and oxygen atoms in total. The van der Waals surface area contributed by atoms with Crippen LogP contribution >= 0.6 is 27.3 Å². The van der Waals surface area contributed by atoms with Crippen molar-refractivity contribution in [2.75, 3.05) is 6.54 Å². The molecule has 90 valence electrons. The Morgan fingerprint density at radius 2 is 2.24 bits per heavy atom. The van der Waals surface area contributed by atoms with Crippen molar-refractivity contribution in [1.29, 1.82) is 0 Å². The third-order valence-corrected chi connectivity index (χ3v) is 4.30. The van der Waals surface area contributed by atoms with Gasteiger partial charge in [-0.05, 0) is 54.0 Å². The highest BCUT2D eigenvalue weighted by molar-refractivity contribution is 9.10. The average Bonchev–Trinajstić information content (AvgIpc) is 2.65. The molecule has 0 atom stereocenters. The van der Waals surface area contributed by atoms with Gasteiger partial charge in [0.25, 0.3) is 0 Å². The normalized spacial score (nSPS) is 10.8. The summed E-state index contributed by atoms with van der Waals surface area (Å²) in [5.74, 6) is -0.260. The third kappa shape index (κ3) is 2.73. The fourth-order valence-electron chi connectivity index (χ4n) is 1.54. The predicted octanol–water partition coefficient (Wildman–Crippen LogP) is 3.52. The zero-order valence-corrected chi connectivity index (χ0v) is 11.7. The number of rotatable bonds is 3. The van der Waals surface area contributed by atoms with Gasteiger partial charge in [0.2, 0.25) is 0 Å². The Hall–Kier alpha value is -0.780. The predicted molar refractivity (Wildman–Crippen MR) is 72.7 cm³/mol. The summed E-state index contributed by atoms with van der Waals surface area (Å²) < 4.78 is 13.6. The number of hydrogen-bond acceptors (Lipinski definition) is 3. The SMILES string of the molecule is Cc1nc(-c2ccc(F)c(Br)c2)sc1CCN. The third-order valence-electron chi connectivity index (χ3n) is 2.43. The standard InChI is InChI=1S/C12H12BrFN2S/c1-7-11(4-5-15)17-12(16-7)8-2-3-10(14)9(13)6-8/h2-3,6H,4-5,15H2,1H3. The fraction of sp³-hybridized carbons (Fsp3) is 0.250. The highest BCUT2D eigenvalue weighted by Crippen LogP contribution is 2.30. The van der Waals surface area contributed by atoms with Crippen molar-refractivity contribution in [1.82, 2.24) is 4.98 Å². The molecule has 0 aliphatic heterocycles. The van der Waals surface area contributed by atoms with E-state index in [0.717, 1.165) is 22.7 Å². The number of hydrogen-bond donors (Lipinski definition) is 1. The van der Waals surface area contributed by atoms with E-state index in [1.54, 1.807) is 23.5 Å². The Morgan fingerprint density at radius 3 is 2.88 bits per heavy atom. The summed E-state index contributed by atoms with van der Waals surface area (Å²) in [7, 11) is 0. The van der Waals surface area contributed by atoms with E-state index in [0.29, 0.717) is 11.0 Å². The van der Waals surface area contributed by atoms with E-state index in [-0.39, 0.29) is 5.82 Å². The smallest absolute Gasteiger partial charge is 0.137 e. The van der Waals surface area contributed by atoms with Crippen LogP contribution in [0.25, 0.3) is 10.6 Å². The second-order valence-electron chi connectivity index (χ2n) is 3.70. The van der Waals surface area contributed by atoms with Crippen LogP contribution in [0.1, 0.15) is 10.6 Å². The quantitative estimate of drug-likeness (QED) is 0.941. The van der Waals surface area contributed by atoms with Crippen LogP contribution in [-0.4, -0.2) is 11.5 Å². The number of halogens is 2. The molecule has 0 unspecified atom stereocenters. The number of thiazole rings is 1. The van der Waals surface area contributed by atoms with Crippen LogP contribution in [0.3, 0.4) is 0 Å². The first kappa shape index (κ1) is 12.7. The summed E-state index contributed by atoms with van der Waals surface area (Å²) in [5, 5.41) is 0.909. The largest absolute Gasteiger partial charge is 0.330 e. The molecule has 0 spiro atoms. The summed E-state index contributed by atoms with van der Waals surface area (Å²) in [6, 6.07) is 4.93. The van der Waals surface area contributed by atoms with Crippen molar-refractivity contribution < 1.29 is 4.39 Å². The van der Waals surface area contributed by atoms with Gasteiger partial charge in [-0.1, -0.05) is 0 Å². The van der Waals surface area contributed by atoms with Gasteiger partial charge < -0.3 is 5.73 Å². The molecule has 2 aromatic rings. The molecule has 1 aromatic heterocycles. The lowest BCUT2D eigenvalue weighted by atomic mass is 10.2. The minimum Gasteiger partial charge on any atom is -0.330 e. The molecule has 1 heterocycles. The zero-order chi connectivity index (χ0) is 12.4. The Labute approximate surface area is 112 Å². The first-order valence-corrected chi connectivity index (χ1v) is 6.84. The lowest BCUT2D eigenvalue weighted by Gasteiger charge is -1.98. The molecule has 0 radical (unpaired) electrons. The van der Waals surface area contributed by atoms with Gasteiger partial charge in [0, 0.05) is 10.4 Å². The number of aryl methyl sites for hydroxylation is 1. The molecule has 1 aromatic carbocycles. The van der Waals surface area contributed by atoms with E-state index in [9.17, 15) is 4.39 Å². The second-order valence-corrected chi connectivity index (χ2v) is 5.63. The topological polar surface area (TPSA) is 38.9 Å². The summed E-state index contributed by atoms with van der Waals surface area (Å²) in [6.45, 7) is 2.60. The molecule has 0 saturated carbocycles. The lowest BCUT2D eigenvalue weighted by molar-refractivity contribution is 0.621. The van der Waals surface area contributed by atoms with Crippen molar-refractivity contribution in [3.63, 3.8) is 0 Å². The molecule has 0 aliphatic rings. The summed E-state index contributed by atoms with van der Waals surface area (Å²) >= 11 is 4.80. The number of nitrogens with two attached hydrogens (primary N) is 1. The summed E-state index contributed by atoms with van der Waals surface area (Å²) in [6.07, 6.45) is 0.839. The molecule has 0 saturated heterocycles. The van der Waals surface area contributed by atoms with E-state index in [4.69, 9.17) is 5.73 Å². The number of benzene rings is 1. The van der Waals surface area contributed by atoms with Gasteiger partial charge in [-0.2, -0.15) is 0 Å². The van der Waals surface area contributed by atoms with E-state index in [1.165, 1.54) is 10.9 Å². The van der Waals surface area contributed by atoms with Crippen molar-refractivity contribution in [3.8, 4) is 10.6 Å². The maximum absolute atomic E-state index is 13.1. The van der Waals surface area contributed by atoms with Gasteiger partial charge in [0.1, 0.15) is 10.8 Å². The molecule has 0 amide bonds. The van der Waals surface area contributed by atoms with E-state index in [2.05, 4.69) is 20.9 Å². The molecule has 0 bridgehead atoms. The van der Waals surface area contributed by atoms with Crippen LogP contribution in [0.2, 0.25) is 0 Å². The Balaban J connectivity index is 2.39. The van der Waals surface area contributed by atoms with Gasteiger partial charge in [0.05, 0.1) is 10.2 Å². The van der Waals surface area contributed by atoms with E-state index < -0.39 is 0 Å². The Morgan fingerprint density at radius 1 is 1.47 bits per heavy atom. The highest BCUT2D eigenvalue weighted by Gasteiger charge is 2.10. The maximum atomic E-state index is 13.1. The van der Waals surface area contributed by atoms with Crippen LogP contribution in [0.4, 0.5) is 4.39 Å². The average molecular weight is 315 g/mol. The molecule has 17 heavy (non-hydrogen) atoms. The molecular weight excluding hydrogens is 303 g/mol. The van der Waals surface area contributed by atoms with Crippen molar-refractivity contribution in [2.24, 2.45) is 5.73 Å². The van der Waals surface area contributed by atoms with Crippen LogP contribution in [0.5, 0.6) is 0 Å². The van der Waals surface area contributed by atoms with Gasteiger partial charge in [-0.15, -0.1) is 11.3 Å². The van der Waals surface area contributed by atoms with Crippen molar-refractivity contribution in [3.05, 3.63) is 39.1 Å². The molecular formula is C12H12BrFN2S. The first-order valence-electron chi connectivity index (χ1n) is 5.23. The molecule has 0 fully saturated rings. The number of aromatic nitrogens is 1. The van der Waals surface area contributed by atoms with Gasteiger partial charge >= 0.3 is 0 Å².